The van der Waals surface area contributed by atoms with Crippen molar-refractivity contribution < 1.29 is 19.5 Å². The van der Waals surface area contributed by atoms with E-state index in [9.17, 15) is 19.5 Å². The number of carboxylic acids is 1. The molecule has 3 atom stereocenters. The van der Waals surface area contributed by atoms with E-state index in [0.29, 0.717) is 18.5 Å². The molecule has 0 spiro atoms. The highest BCUT2D eigenvalue weighted by atomic mass is 16.4. The van der Waals surface area contributed by atoms with Gasteiger partial charge in [0, 0.05) is 5.69 Å². The van der Waals surface area contributed by atoms with Crippen molar-refractivity contribution in [2.24, 2.45) is 5.73 Å². The van der Waals surface area contributed by atoms with Gasteiger partial charge in [-0.1, -0.05) is 48.5 Å². The van der Waals surface area contributed by atoms with Crippen LogP contribution in [0, 0.1) is 0 Å². The molecule has 166 valence electrons. The molecule has 0 aliphatic heterocycles. The Morgan fingerprint density at radius 2 is 1.52 bits per heavy atom. The highest BCUT2D eigenvalue weighted by molar-refractivity contribution is 5.97. The number of amides is 2. The fraction of sp³-hybridized carbons (Fsp3) is 0.348. The molecular weight excluding hydrogens is 396 g/mol. The number of carbonyl (C=O) groups excluding carboxylic acids is 2. The minimum absolute atomic E-state index is 0.209. The molecule has 0 aromatic heterocycles. The second kappa shape index (κ2) is 12.5. The molecule has 0 saturated heterocycles. The number of para-hydroxylation sites is 1. The van der Waals surface area contributed by atoms with Gasteiger partial charge in [0.2, 0.25) is 11.8 Å². The predicted octanol–water partition coefficient (Wildman–Crippen LogP) is 1.52. The summed E-state index contributed by atoms with van der Waals surface area (Å²) in [5.74, 6) is -1.87. The van der Waals surface area contributed by atoms with E-state index in [4.69, 9.17) is 5.73 Å². The second-order valence-electron chi connectivity index (χ2n) is 7.30. The molecule has 0 fully saturated rings. The topological polar surface area (TPSA) is 134 Å². The molecule has 2 rings (SSSR count). The lowest BCUT2D eigenvalue weighted by molar-refractivity contribution is -0.139. The Hall–Kier alpha value is -3.23. The van der Waals surface area contributed by atoms with E-state index in [1.165, 1.54) is 6.92 Å². The van der Waals surface area contributed by atoms with E-state index in [-0.39, 0.29) is 18.9 Å². The van der Waals surface area contributed by atoms with Gasteiger partial charge in [-0.2, -0.15) is 0 Å². The monoisotopic (exact) mass is 426 g/mol. The van der Waals surface area contributed by atoms with E-state index in [1.807, 2.05) is 36.4 Å². The maximum Gasteiger partial charge on any atom is 0.320 e. The van der Waals surface area contributed by atoms with Crippen LogP contribution in [0.3, 0.4) is 0 Å². The fourth-order valence-corrected chi connectivity index (χ4v) is 3.08. The lowest BCUT2D eigenvalue weighted by Gasteiger charge is -2.24. The van der Waals surface area contributed by atoms with Gasteiger partial charge in [0.15, 0.2) is 0 Å². The largest absolute Gasteiger partial charge is 0.480 e. The summed E-state index contributed by atoms with van der Waals surface area (Å²) in [5, 5.41) is 17.6. The van der Waals surface area contributed by atoms with Crippen molar-refractivity contribution >= 4 is 23.5 Å². The number of benzene rings is 2. The number of hydrogen-bond acceptors (Lipinski definition) is 5. The Morgan fingerprint density at radius 1 is 0.903 bits per heavy atom. The molecule has 0 aliphatic rings. The number of anilines is 1. The van der Waals surface area contributed by atoms with E-state index in [2.05, 4.69) is 16.0 Å². The summed E-state index contributed by atoms with van der Waals surface area (Å²) in [6.45, 7) is 1.69. The zero-order chi connectivity index (χ0) is 22.6. The van der Waals surface area contributed by atoms with Crippen LogP contribution in [0.4, 0.5) is 5.69 Å². The summed E-state index contributed by atoms with van der Waals surface area (Å²) in [6, 6.07) is 16.0. The molecule has 0 saturated carbocycles. The smallest absolute Gasteiger partial charge is 0.320 e. The minimum Gasteiger partial charge on any atom is -0.480 e. The average molecular weight is 427 g/mol. The molecule has 0 heterocycles. The number of rotatable bonds is 12. The highest BCUT2D eigenvalue weighted by Crippen LogP contribution is 2.09. The molecule has 0 unspecified atom stereocenters. The summed E-state index contributed by atoms with van der Waals surface area (Å²) in [7, 11) is 0. The van der Waals surface area contributed by atoms with Gasteiger partial charge in [-0.25, -0.2) is 0 Å². The Morgan fingerprint density at radius 3 is 2.10 bits per heavy atom. The van der Waals surface area contributed by atoms with Crippen LogP contribution in [-0.2, 0) is 20.8 Å². The molecular formula is C23H30N4O4. The van der Waals surface area contributed by atoms with Crippen LogP contribution in [0.2, 0.25) is 0 Å². The maximum absolute atomic E-state index is 13.0. The average Bonchev–Trinajstić information content (AvgIpc) is 2.77. The van der Waals surface area contributed by atoms with Crippen molar-refractivity contribution in [3.8, 4) is 0 Å². The van der Waals surface area contributed by atoms with Crippen molar-refractivity contribution in [2.75, 3.05) is 11.9 Å². The van der Waals surface area contributed by atoms with Gasteiger partial charge in [-0.3, -0.25) is 19.7 Å². The summed E-state index contributed by atoms with van der Waals surface area (Å²) in [6.07, 6.45) is 1.21. The van der Waals surface area contributed by atoms with Crippen molar-refractivity contribution in [3.63, 3.8) is 0 Å². The molecule has 2 amide bonds. The van der Waals surface area contributed by atoms with Gasteiger partial charge < -0.3 is 21.5 Å². The summed E-state index contributed by atoms with van der Waals surface area (Å²) >= 11 is 0. The Balaban J connectivity index is 2.07. The number of nitrogens with one attached hydrogen (secondary N) is 3. The number of nitrogens with two attached hydrogens (primary N) is 1. The van der Waals surface area contributed by atoms with E-state index in [0.717, 1.165) is 5.56 Å². The molecule has 6 N–H and O–H groups in total. The Kier molecular flexibility index (Phi) is 9.67. The van der Waals surface area contributed by atoms with Crippen LogP contribution < -0.4 is 21.7 Å². The molecule has 8 nitrogen and oxygen atoms in total. The summed E-state index contributed by atoms with van der Waals surface area (Å²) in [5.41, 5.74) is 7.29. The molecule has 2 aromatic rings. The van der Waals surface area contributed by atoms with Crippen LogP contribution in [0.25, 0.3) is 0 Å². The van der Waals surface area contributed by atoms with Crippen molar-refractivity contribution in [1.82, 2.24) is 10.6 Å². The number of carboxylic acid groups (broad SMARTS) is 1. The number of hydrogen-bond donors (Lipinski definition) is 5. The number of aliphatic carboxylic acids is 1. The SMILES string of the molecule is C[C@@H](N[C@@H](CCc1ccccc1)C(=O)N[C@@H](CCN)C(=O)Nc1ccccc1)C(=O)O. The van der Waals surface area contributed by atoms with Gasteiger partial charge in [0.25, 0.3) is 0 Å². The molecule has 8 heteroatoms. The van der Waals surface area contributed by atoms with Crippen molar-refractivity contribution in [2.45, 2.75) is 44.3 Å². The van der Waals surface area contributed by atoms with Gasteiger partial charge in [-0.15, -0.1) is 0 Å². The molecule has 0 radical (unpaired) electrons. The third-order valence-corrected chi connectivity index (χ3v) is 4.83. The summed E-state index contributed by atoms with van der Waals surface area (Å²) in [4.78, 5) is 36.9. The minimum atomic E-state index is -1.06. The summed E-state index contributed by atoms with van der Waals surface area (Å²) < 4.78 is 0. The first-order chi connectivity index (χ1) is 14.9. The van der Waals surface area contributed by atoms with Gasteiger partial charge in [0.05, 0.1) is 6.04 Å². The van der Waals surface area contributed by atoms with Crippen LogP contribution in [0.5, 0.6) is 0 Å². The number of carbonyl (C=O) groups is 3. The normalized spacial score (nSPS) is 13.6. The van der Waals surface area contributed by atoms with Crippen LogP contribution >= 0.6 is 0 Å². The first-order valence-corrected chi connectivity index (χ1v) is 10.3. The standard InChI is InChI=1S/C23H30N4O4/c1-16(23(30)31)25-19(13-12-17-8-4-2-5-9-17)22(29)27-20(14-15-24)21(28)26-18-10-6-3-7-11-18/h2-11,16,19-20,25H,12-15,24H2,1H3,(H,26,28)(H,27,29)(H,30,31)/t16-,19+,20+/m1/s1. The zero-order valence-electron chi connectivity index (χ0n) is 17.6. The lowest BCUT2D eigenvalue weighted by Crippen LogP contribution is -2.54. The van der Waals surface area contributed by atoms with Gasteiger partial charge in [0.1, 0.15) is 12.1 Å². The van der Waals surface area contributed by atoms with Crippen LogP contribution in [0.1, 0.15) is 25.3 Å². The molecule has 2 aromatic carbocycles. The first kappa shape index (κ1) is 24.0. The quantitative estimate of drug-likeness (QED) is 0.349. The second-order valence-corrected chi connectivity index (χ2v) is 7.30. The molecule has 31 heavy (non-hydrogen) atoms. The Bertz CT molecular complexity index is 845. The predicted molar refractivity (Wildman–Crippen MR) is 119 cm³/mol. The fourth-order valence-electron chi connectivity index (χ4n) is 3.08. The van der Waals surface area contributed by atoms with Gasteiger partial charge in [-0.05, 0) is 50.4 Å². The van der Waals surface area contributed by atoms with E-state index < -0.39 is 30.0 Å². The lowest BCUT2D eigenvalue weighted by atomic mass is 10.0. The molecule has 0 aliphatic carbocycles. The van der Waals surface area contributed by atoms with Crippen molar-refractivity contribution in [1.29, 1.82) is 0 Å². The van der Waals surface area contributed by atoms with Crippen molar-refractivity contribution in [3.05, 3.63) is 66.2 Å². The third kappa shape index (κ3) is 8.19. The highest BCUT2D eigenvalue weighted by Gasteiger charge is 2.27. The van der Waals surface area contributed by atoms with Crippen LogP contribution in [-0.4, -0.2) is 47.6 Å². The van der Waals surface area contributed by atoms with E-state index >= 15 is 0 Å². The Labute approximate surface area is 182 Å². The first-order valence-electron chi connectivity index (χ1n) is 10.3. The van der Waals surface area contributed by atoms with E-state index in [1.54, 1.807) is 24.3 Å². The van der Waals surface area contributed by atoms with Gasteiger partial charge >= 0.3 is 5.97 Å². The molecule has 0 bridgehead atoms. The third-order valence-electron chi connectivity index (χ3n) is 4.83. The number of aryl methyl sites for hydroxylation is 1. The zero-order valence-corrected chi connectivity index (χ0v) is 17.6. The van der Waals surface area contributed by atoms with Crippen LogP contribution in [0.15, 0.2) is 60.7 Å². The maximum atomic E-state index is 13.0.